The van der Waals surface area contributed by atoms with Crippen molar-refractivity contribution < 1.29 is 9.15 Å². The summed E-state index contributed by atoms with van der Waals surface area (Å²) >= 11 is 5.81. The van der Waals surface area contributed by atoms with Crippen LogP contribution < -0.4 is 16.0 Å². The molecule has 0 aliphatic carbocycles. The second-order valence-electron chi connectivity index (χ2n) is 4.38. The number of methoxy groups -OCH3 is 1. The molecular weight excluding hydrogens is 268 g/mol. The Morgan fingerprint density at radius 2 is 2.21 bits per heavy atom. The lowest BCUT2D eigenvalue weighted by molar-refractivity contribution is 0.377. The minimum Gasteiger partial charge on any atom is -0.493 e. The average molecular weight is 285 g/mol. The SMILES string of the molecule is COc1cnn(C(C)C)c1C(NN)c1ccc(Cl)o1. The molecule has 1 atom stereocenters. The summed E-state index contributed by atoms with van der Waals surface area (Å²) in [5, 5.41) is 4.62. The van der Waals surface area contributed by atoms with Gasteiger partial charge in [-0.15, -0.1) is 0 Å². The molecule has 0 radical (unpaired) electrons. The maximum absolute atomic E-state index is 5.81. The molecular formula is C12H17ClN4O2. The van der Waals surface area contributed by atoms with E-state index < -0.39 is 0 Å². The van der Waals surface area contributed by atoms with Gasteiger partial charge in [-0.2, -0.15) is 5.10 Å². The number of halogens is 1. The Hall–Kier alpha value is -1.50. The molecule has 2 aromatic heterocycles. The van der Waals surface area contributed by atoms with E-state index in [2.05, 4.69) is 10.5 Å². The number of nitrogens with one attached hydrogen (secondary N) is 1. The van der Waals surface area contributed by atoms with Gasteiger partial charge in [0.1, 0.15) is 17.5 Å². The van der Waals surface area contributed by atoms with Crippen LogP contribution in [0.3, 0.4) is 0 Å². The van der Waals surface area contributed by atoms with Gasteiger partial charge in [-0.3, -0.25) is 10.5 Å². The summed E-state index contributed by atoms with van der Waals surface area (Å²) < 4.78 is 12.6. The van der Waals surface area contributed by atoms with Crippen LogP contribution in [-0.2, 0) is 0 Å². The summed E-state index contributed by atoms with van der Waals surface area (Å²) in [6.07, 6.45) is 1.66. The molecule has 0 saturated heterocycles. The first-order valence-electron chi connectivity index (χ1n) is 5.91. The molecule has 2 aromatic rings. The van der Waals surface area contributed by atoms with E-state index in [1.807, 2.05) is 18.5 Å². The highest BCUT2D eigenvalue weighted by Crippen LogP contribution is 2.32. The molecule has 0 amide bonds. The number of rotatable bonds is 5. The molecule has 0 fully saturated rings. The van der Waals surface area contributed by atoms with Gasteiger partial charge in [-0.25, -0.2) is 5.43 Å². The summed E-state index contributed by atoms with van der Waals surface area (Å²) in [6, 6.07) is 3.22. The van der Waals surface area contributed by atoms with Crippen LogP contribution in [0, 0.1) is 0 Å². The van der Waals surface area contributed by atoms with E-state index in [0.29, 0.717) is 16.7 Å². The second kappa shape index (κ2) is 5.64. The van der Waals surface area contributed by atoms with Crippen molar-refractivity contribution in [2.24, 2.45) is 5.84 Å². The van der Waals surface area contributed by atoms with Gasteiger partial charge in [0.25, 0.3) is 0 Å². The van der Waals surface area contributed by atoms with Crippen LogP contribution in [0.1, 0.15) is 37.4 Å². The van der Waals surface area contributed by atoms with Gasteiger partial charge >= 0.3 is 0 Å². The van der Waals surface area contributed by atoms with E-state index in [0.717, 1.165) is 5.69 Å². The molecule has 19 heavy (non-hydrogen) atoms. The van der Waals surface area contributed by atoms with E-state index in [1.165, 1.54) is 0 Å². The molecule has 2 heterocycles. The summed E-state index contributed by atoms with van der Waals surface area (Å²) in [7, 11) is 1.59. The standard InChI is InChI=1S/C12H17ClN4O2/c1-7(2)17-12(9(18-3)6-15-17)11(16-14)8-4-5-10(13)19-8/h4-7,11,16H,14H2,1-3H3. The smallest absolute Gasteiger partial charge is 0.193 e. The van der Waals surface area contributed by atoms with Crippen LogP contribution in [0.25, 0.3) is 0 Å². The van der Waals surface area contributed by atoms with E-state index in [1.54, 1.807) is 25.4 Å². The zero-order chi connectivity index (χ0) is 14.0. The first kappa shape index (κ1) is 13.9. The Labute approximate surface area is 116 Å². The topological polar surface area (TPSA) is 78.2 Å². The molecule has 2 rings (SSSR count). The van der Waals surface area contributed by atoms with Crippen molar-refractivity contribution in [1.82, 2.24) is 15.2 Å². The predicted molar refractivity (Wildman–Crippen MR) is 72.0 cm³/mol. The molecule has 0 aliphatic heterocycles. The minimum atomic E-state index is -0.382. The number of ether oxygens (including phenoxy) is 1. The lowest BCUT2D eigenvalue weighted by Gasteiger charge is -2.19. The quantitative estimate of drug-likeness (QED) is 0.650. The van der Waals surface area contributed by atoms with Crippen LogP contribution in [0.15, 0.2) is 22.7 Å². The van der Waals surface area contributed by atoms with E-state index in [9.17, 15) is 0 Å². The van der Waals surface area contributed by atoms with E-state index in [4.69, 9.17) is 26.6 Å². The fourth-order valence-electron chi connectivity index (χ4n) is 1.98. The Morgan fingerprint density at radius 3 is 2.68 bits per heavy atom. The minimum absolute atomic E-state index is 0.167. The molecule has 0 bridgehead atoms. The first-order valence-corrected chi connectivity index (χ1v) is 6.29. The van der Waals surface area contributed by atoms with E-state index in [-0.39, 0.29) is 12.1 Å². The number of furan rings is 1. The summed E-state index contributed by atoms with van der Waals surface area (Å²) in [5.41, 5.74) is 3.51. The third kappa shape index (κ3) is 2.60. The average Bonchev–Trinajstić information content (AvgIpc) is 2.97. The number of hydrazine groups is 1. The predicted octanol–water partition coefficient (Wildman–Crippen LogP) is 2.27. The fourth-order valence-corrected chi connectivity index (χ4v) is 2.13. The molecule has 0 spiro atoms. The zero-order valence-electron chi connectivity index (χ0n) is 11.1. The van der Waals surface area contributed by atoms with Gasteiger partial charge < -0.3 is 9.15 Å². The summed E-state index contributed by atoms with van der Waals surface area (Å²) in [4.78, 5) is 0. The van der Waals surface area contributed by atoms with Gasteiger partial charge in [0.2, 0.25) is 0 Å². The van der Waals surface area contributed by atoms with Gasteiger partial charge in [-0.05, 0) is 37.6 Å². The third-order valence-electron chi connectivity index (χ3n) is 2.83. The highest BCUT2D eigenvalue weighted by Gasteiger charge is 2.26. The molecule has 0 aromatic carbocycles. The monoisotopic (exact) mass is 284 g/mol. The highest BCUT2D eigenvalue weighted by atomic mass is 35.5. The van der Waals surface area contributed by atoms with Crippen molar-refractivity contribution >= 4 is 11.6 Å². The zero-order valence-corrected chi connectivity index (χ0v) is 11.8. The Kier molecular flexibility index (Phi) is 4.14. The number of aromatic nitrogens is 2. The summed E-state index contributed by atoms with van der Waals surface area (Å²) in [5.74, 6) is 6.90. The number of hydrogen-bond acceptors (Lipinski definition) is 5. The third-order valence-corrected chi connectivity index (χ3v) is 3.03. The Bertz CT molecular complexity index is 550. The number of nitrogens with zero attached hydrogens (tertiary/aromatic N) is 2. The Balaban J connectivity index is 2.50. The maximum Gasteiger partial charge on any atom is 0.193 e. The van der Waals surface area contributed by atoms with Crippen LogP contribution in [0.5, 0.6) is 5.75 Å². The van der Waals surface area contributed by atoms with Gasteiger partial charge in [0, 0.05) is 6.04 Å². The van der Waals surface area contributed by atoms with Crippen LogP contribution in [0.4, 0.5) is 0 Å². The molecule has 104 valence electrons. The van der Waals surface area contributed by atoms with E-state index >= 15 is 0 Å². The van der Waals surface area contributed by atoms with Gasteiger partial charge in [-0.1, -0.05) is 0 Å². The molecule has 0 aliphatic rings. The number of hydrogen-bond donors (Lipinski definition) is 2. The second-order valence-corrected chi connectivity index (χ2v) is 4.75. The lowest BCUT2D eigenvalue weighted by Crippen LogP contribution is -2.31. The number of nitrogens with two attached hydrogens (primary N) is 1. The summed E-state index contributed by atoms with van der Waals surface area (Å²) in [6.45, 7) is 4.05. The normalized spacial score (nSPS) is 12.9. The largest absolute Gasteiger partial charge is 0.493 e. The van der Waals surface area contributed by atoms with Crippen molar-refractivity contribution in [3.63, 3.8) is 0 Å². The van der Waals surface area contributed by atoms with Gasteiger partial charge in [0.05, 0.1) is 13.3 Å². The highest BCUT2D eigenvalue weighted by molar-refractivity contribution is 6.28. The maximum atomic E-state index is 5.81. The molecule has 7 heteroatoms. The fraction of sp³-hybridized carbons (Fsp3) is 0.417. The first-order chi connectivity index (χ1) is 9.08. The van der Waals surface area contributed by atoms with Crippen molar-refractivity contribution in [3.05, 3.63) is 35.0 Å². The van der Waals surface area contributed by atoms with Crippen LogP contribution >= 0.6 is 11.6 Å². The van der Waals surface area contributed by atoms with Crippen LogP contribution in [-0.4, -0.2) is 16.9 Å². The van der Waals surface area contributed by atoms with Crippen molar-refractivity contribution in [1.29, 1.82) is 0 Å². The molecule has 1 unspecified atom stereocenters. The van der Waals surface area contributed by atoms with Crippen LogP contribution in [0.2, 0.25) is 5.22 Å². The molecule has 6 nitrogen and oxygen atoms in total. The van der Waals surface area contributed by atoms with Gasteiger partial charge in [0.15, 0.2) is 11.0 Å². The van der Waals surface area contributed by atoms with Crippen molar-refractivity contribution in [2.75, 3.05) is 7.11 Å². The lowest BCUT2D eigenvalue weighted by atomic mass is 10.1. The molecule has 3 N–H and O–H groups in total. The Morgan fingerprint density at radius 1 is 1.47 bits per heavy atom. The van der Waals surface area contributed by atoms with Crippen molar-refractivity contribution in [3.8, 4) is 5.75 Å². The molecule has 0 saturated carbocycles. The van der Waals surface area contributed by atoms with Crippen molar-refractivity contribution in [2.45, 2.75) is 25.9 Å².